The minimum Gasteiger partial charge on any atom is -0.341 e. The molecule has 0 spiro atoms. The van der Waals surface area contributed by atoms with Crippen molar-refractivity contribution in [3.8, 4) is 6.07 Å². The number of rotatable bonds is 5. The van der Waals surface area contributed by atoms with Gasteiger partial charge in [-0.05, 0) is 49.6 Å². The molecule has 0 bridgehead atoms. The molecule has 0 radical (unpaired) electrons. The first-order valence-corrected chi connectivity index (χ1v) is 11.7. The number of piperidine rings is 1. The van der Waals surface area contributed by atoms with Gasteiger partial charge in [0.1, 0.15) is 12.1 Å². The van der Waals surface area contributed by atoms with Gasteiger partial charge in [-0.25, -0.2) is 4.79 Å². The number of nitrogens with zero attached hydrogens (tertiary/aromatic N) is 2. The number of urea groups is 1. The lowest BCUT2D eigenvalue weighted by Crippen LogP contribution is -2.62. The summed E-state index contributed by atoms with van der Waals surface area (Å²) in [6, 6.07) is 10.4. The highest BCUT2D eigenvalue weighted by Crippen LogP contribution is 2.31. The number of likely N-dealkylation sites (tertiary alicyclic amines) is 1. The number of carbonyl (C=O) groups excluding carboxylic acids is 2. The normalized spacial score (nSPS) is 21.1. The molecule has 1 aliphatic heterocycles. The van der Waals surface area contributed by atoms with E-state index in [4.69, 9.17) is 5.26 Å². The lowest BCUT2D eigenvalue weighted by molar-refractivity contribution is -0.128. The molecule has 1 unspecified atom stereocenters. The van der Waals surface area contributed by atoms with Crippen LogP contribution in [-0.2, 0) is 4.79 Å². The summed E-state index contributed by atoms with van der Waals surface area (Å²) < 4.78 is 0. The maximum absolute atomic E-state index is 13.1. The lowest BCUT2D eigenvalue weighted by atomic mass is 9.81. The van der Waals surface area contributed by atoms with Gasteiger partial charge in [0.05, 0.1) is 6.07 Å². The zero-order valence-corrected chi connectivity index (χ0v) is 17.9. The van der Waals surface area contributed by atoms with Crippen molar-refractivity contribution in [1.29, 1.82) is 5.26 Å². The van der Waals surface area contributed by atoms with Gasteiger partial charge in [-0.15, -0.1) is 11.8 Å². The molecule has 156 valence electrons. The number of thioether (sulfide) groups is 1. The van der Waals surface area contributed by atoms with E-state index >= 15 is 0 Å². The molecule has 1 saturated heterocycles. The molecule has 3 amide bonds. The van der Waals surface area contributed by atoms with Crippen LogP contribution in [0.15, 0.2) is 29.2 Å². The molecule has 1 saturated carbocycles. The first kappa shape index (κ1) is 21.5. The monoisotopic (exact) mass is 414 g/mol. The van der Waals surface area contributed by atoms with Crippen LogP contribution in [0.5, 0.6) is 0 Å². The predicted octanol–water partition coefficient (Wildman–Crippen LogP) is 3.64. The van der Waals surface area contributed by atoms with Crippen molar-refractivity contribution < 1.29 is 9.59 Å². The molecule has 2 N–H and O–H groups in total. The molecule has 6 nitrogen and oxygen atoms in total. The van der Waals surface area contributed by atoms with Crippen molar-refractivity contribution in [2.75, 3.05) is 25.9 Å². The standard InChI is InChI=1S/C22H30N4O2S/c1-29-19-9-7-17(8-10-19)18-6-5-15-26(16-18)21(28)25-22(11-3-2-4-12-22)20(27)24-14-13-23/h7-10,18H,2-6,11-12,14-16H2,1H3,(H,24,27)(H,25,28). The summed E-state index contributed by atoms with van der Waals surface area (Å²) >= 11 is 1.72. The van der Waals surface area contributed by atoms with Crippen molar-refractivity contribution >= 4 is 23.7 Å². The Hall–Kier alpha value is -2.20. The maximum Gasteiger partial charge on any atom is 0.318 e. The highest BCUT2D eigenvalue weighted by Gasteiger charge is 2.42. The molecule has 1 heterocycles. The second-order valence-corrected chi connectivity index (χ2v) is 8.85. The van der Waals surface area contributed by atoms with Gasteiger partial charge in [-0.2, -0.15) is 5.26 Å². The Morgan fingerprint density at radius 1 is 1.21 bits per heavy atom. The van der Waals surface area contributed by atoms with Gasteiger partial charge >= 0.3 is 6.03 Å². The van der Waals surface area contributed by atoms with E-state index in [1.807, 2.05) is 11.0 Å². The van der Waals surface area contributed by atoms with E-state index < -0.39 is 5.54 Å². The Labute approximate surface area is 177 Å². The summed E-state index contributed by atoms with van der Waals surface area (Å²) in [4.78, 5) is 28.9. The topological polar surface area (TPSA) is 85.2 Å². The average molecular weight is 415 g/mol. The molecule has 7 heteroatoms. The Morgan fingerprint density at radius 2 is 1.93 bits per heavy atom. The van der Waals surface area contributed by atoms with Crippen LogP contribution in [0.1, 0.15) is 56.4 Å². The van der Waals surface area contributed by atoms with Crippen LogP contribution in [0.2, 0.25) is 0 Å². The Kier molecular flexibility index (Phi) is 7.43. The molecule has 0 aromatic heterocycles. The molecule has 1 atom stereocenters. The van der Waals surface area contributed by atoms with Crippen LogP contribution in [0.25, 0.3) is 0 Å². The minimum absolute atomic E-state index is 0.0334. The highest BCUT2D eigenvalue weighted by molar-refractivity contribution is 7.98. The Balaban J connectivity index is 1.67. The van der Waals surface area contributed by atoms with Gasteiger partial charge in [-0.3, -0.25) is 4.79 Å². The maximum atomic E-state index is 13.1. The summed E-state index contributed by atoms with van der Waals surface area (Å²) in [5.41, 5.74) is 0.374. The van der Waals surface area contributed by atoms with Crippen LogP contribution in [0.3, 0.4) is 0 Å². The third-order valence-electron chi connectivity index (χ3n) is 6.11. The molecular formula is C22H30N4O2S. The van der Waals surface area contributed by atoms with Crippen molar-refractivity contribution in [2.24, 2.45) is 0 Å². The van der Waals surface area contributed by atoms with Crippen LogP contribution in [0, 0.1) is 11.3 Å². The predicted molar refractivity (Wildman–Crippen MR) is 115 cm³/mol. The van der Waals surface area contributed by atoms with E-state index in [1.54, 1.807) is 11.8 Å². The third kappa shape index (κ3) is 5.24. The van der Waals surface area contributed by atoms with E-state index in [0.29, 0.717) is 31.8 Å². The zero-order chi connectivity index (χ0) is 20.7. The Bertz CT molecular complexity index is 753. The summed E-state index contributed by atoms with van der Waals surface area (Å²) in [7, 11) is 0. The van der Waals surface area contributed by atoms with Crippen LogP contribution < -0.4 is 10.6 Å². The van der Waals surface area contributed by atoms with Gasteiger partial charge in [0.2, 0.25) is 5.91 Å². The van der Waals surface area contributed by atoms with Gasteiger partial charge in [0.15, 0.2) is 0 Å². The van der Waals surface area contributed by atoms with E-state index in [0.717, 1.165) is 32.1 Å². The van der Waals surface area contributed by atoms with E-state index in [1.165, 1.54) is 10.5 Å². The van der Waals surface area contributed by atoms with Crippen molar-refractivity contribution in [3.63, 3.8) is 0 Å². The van der Waals surface area contributed by atoms with E-state index in [-0.39, 0.29) is 18.5 Å². The quantitative estimate of drug-likeness (QED) is 0.569. The fourth-order valence-electron chi connectivity index (χ4n) is 4.45. The minimum atomic E-state index is -0.890. The van der Waals surface area contributed by atoms with Crippen LogP contribution in [0.4, 0.5) is 4.79 Å². The summed E-state index contributed by atoms with van der Waals surface area (Å²) in [6.45, 7) is 1.34. The number of nitriles is 1. The molecule has 29 heavy (non-hydrogen) atoms. The number of benzene rings is 1. The molecular weight excluding hydrogens is 384 g/mol. The molecule has 2 fully saturated rings. The number of hydrogen-bond donors (Lipinski definition) is 2. The SMILES string of the molecule is CSc1ccc(C2CCCN(C(=O)NC3(C(=O)NCC#N)CCCCC3)C2)cc1. The summed E-state index contributed by atoms with van der Waals surface area (Å²) in [5.74, 6) is 0.0911. The number of nitrogens with one attached hydrogen (secondary N) is 2. The van der Waals surface area contributed by atoms with Crippen molar-refractivity contribution in [1.82, 2.24) is 15.5 Å². The number of amides is 3. The molecule has 1 aliphatic carbocycles. The van der Waals surface area contributed by atoms with Crippen molar-refractivity contribution in [2.45, 2.75) is 61.3 Å². The molecule has 1 aromatic rings. The third-order valence-corrected chi connectivity index (χ3v) is 6.86. The second-order valence-electron chi connectivity index (χ2n) is 7.97. The average Bonchev–Trinajstić information content (AvgIpc) is 2.78. The fraction of sp³-hybridized carbons (Fsp3) is 0.591. The summed E-state index contributed by atoms with van der Waals surface area (Å²) in [5, 5.41) is 14.5. The van der Waals surface area contributed by atoms with E-state index in [2.05, 4.69) is 41.2 Å². The Morgan fingerprint density at radius 3 is 2.59 bits per heavy atom. The van der Waals surface area contributed by atoms with E-state index in [9.17, 15) is 9.59 Å². The fourth-order valence-corrected chi connectivity index (χ4v) is 4.85. The van der Waals surface area contributed by atoms with Gasteiger partial charge in [0, 0.05) is 23.9 Å². The highest BCUT2D eigenvalue weighted by atomic mass is 32.2. The smallest absolute Gasteiger partial charge is 0.318 e. The largest absolute Gasteiger partial charge is 0.341 e. The molecule has 3 rings (SSSR count). The lowest BCUT2D eigenvalue weighted by Gasteiger charge is -2.40. The zero-order valence-electron chi connectivity index (χ0n) is 17.1. The van der Waals surface area contributed by atoms with Crippen molar-refractivity contribution in [3.05, 3.63) is 29.8 Å². The number of carbonyl (C=O) groups is 2. The summed E-state index contributed by atoms with van der Waals surface area (Å²) in [6.07, 6.45) is 8.23. The van der Waals surface area contributed by atoms with Gasteiger partial charge in [0.25, 0.3) is 0 Å². The molecule has 2 aliphatic rings. The molecule has 1 aromatic carbocycles. The van der Waals surface area contributed by atoms with Gasteiger partial charge in [-0.1, -0.05) is 31.4 Å². The second kappa shape index (κ2) is 10.0. The first-order chi connectivity index (χ1) is 14.1. The van der Waals surface area contributed by atoms with Gasteiger partial charge < -0.3 is 15.5 Å². The van der Waals surface area contributed by atoms with Crippen LogP contribution in [-0.4, -0.2) is 48.3 Å². The number of hydrogen-bond acceptors (Lipinski definition) is 4. The first-order valence-electron chi connectivity index (χ1n) is 10.4. The van der Waals surface area contributed by atoms with Crippen LogP contribution >= 0.6 is 11.8 Å².